The molecule has 0 saturated heterocycles. The zero-order chi connectivity index (χ0) is 15.3. The highest BCUT2D eigenvalue weighted by atomic mass is 16.5. The van der Waals surface area contributed by atoms with Crippen LogP contribution in [0.3, 0.4) is 0 Å². The predicted octanol–water partition coefficient (Wildman–Crippen LogP) is 4.49. The van der Waals surface area contributed by atoms with Gasteiger partial charge in [-0.25, -0.2) is 0 Å². The third-order valence-corrected chi connectivity index (χ3v) is 5.04. The largest absolute Gasteiger partial charge is 0.373 e. The highest BCUT2D eigenvalue weighted by molar-refractivity contribution is 5.31. The Hall–Kier alpha value is -0.860. The molecule has 0 bridgehead atoms. The Balaban J connectivity index is 2.14. The van der Waals surface area contributed by atoms with E-state index < -0.39 is 0 Å². The van der Waals surface area contributed by atoms with Gasteiger partial charge in [-0.3, -0.25) is 0 Å². The van der Waals surface area contributed by atoms with Crippen LogP contribution in [0.15, 0.2) is 24.3 Å². The van der Waals surface area contributed by atoms with Crippen LogP contribution in [0.25, 0.3) is 0 Å². The lowest BCUT2D eigenvalue weighted by Crippen LogP contribution is -2.43. The monoisotopic (exact) mass is 289 g/mol. The fourth-order valence-electron chi connectivity index (χ4n) is 3.13. The smallest absolute Gasteiger partial charge is 0.0842 e. The molecule has 2 atom stereocenters. The number of benzene rings is 1. The second-order valence-electron chi connectivity index (χ2n) is 6.89. The predicted molar refractivity (Wildman–Crippen MR) is 89.6 cm³/mol. The number of nitrogens with one attached hydrogen (secondary N) is 1. The third-order valence-electron chi connectivity index (χ3n) is 5.04. The van der Waals surface area contributed by atoms with Crippen molar-refractivity contribution < 1.29 is 4.74 Å². The number of hydrogen-bond donors (Lipinski definition) is 1. The van der Waals surface area contributed by atoms with Crippen LogP contribution in [-0.2, 0) is 11.2 Å². The van der Waals surface area contributed by atoms with Gasteiger partial charge in [-0.1, -0.05) is 52.0 Å². The molecule has 118 valence electrons. The van der Waals surface area contributed by atoms with Crippen LogP contribution in [0, 0.1) is 5.41 Å². The van der Waals surface area contributed by atoms with E-state index in [9.17, 15) is 0 Å². The van der Waals surface area contributed by atoms with Gasteiger partial charge in [0, 0.05) is 6.04 Å². The van der Waals surface area contributed by atoms with Gasteiger partial charge in [0.05, 0.1) is 12.7 Å². The first kappa shape index (κ1) is 16.5. The first-order valence-electron chi connectivity index (χ1n) is 8.51. The van der Waals surface area contributed by atoms with Crippen LogP contribution < -0.4 is 5.32 Å². The molecule has 2 heteroatoms. The zero-order valence-electron chi connectivity index (χ0n) is 14.1. The summed E-state index contributed by atoms with van der Waals surface area (Å²) in [5, 5.41) is 3.76. The van der Waals surface area contributed by atoms with Crippen molar-refractivity contribution >= 4 is 0 Å². The van der Waals surface area contributed by atoms with Crippen LogP contribution in [0.2, 0.25) is 0 Å². The Morgan fingerprint density at radius 3 is 2.76 bits per heavy atom. The van der Waals surface area contributed by atoms with Crippen molar-refractivity contribution in [2.24, 2.45) is 5.41 Å². The summed E-state index contributed by atoms with van der Waals surface area (Å²) in [6.45, 7) is 11.2. The van der Waals surface area contributed by atoms with Gasteiger partial charge in [0.15, 0.2) is 0 Å². The second-order valence-corrected chi connectivity index (χ2v) is 6.89. The molecule has 1 aliphatic rings. The van der Waals surface area contributed by atoms with Crippen molar-refractivity contribution in [2.75, 3.05) is 13.2 Å². The molecule has 2 nitrogen and oxygen atoms in total. The highest BCUT2D eigenvalue weighted by Crippen LogP contribution is 2.36. The Kier molecular flexibility index (Phi) is 5.83. The number of hydrogen-bond acceptors (Lipinski definition) is 2. The van der Waals surface area contributed by atoms with Gasteiger partial charge in [-0.15, -0.1) is 0 Å². The summed E-state index contributed by atoms with van der Waals surface area (Å²) in [6, 6.07) is 9.28. The van der Waals surface area contributed by atoms with Gasteiger partial charge in [0.2, 0.25) is 0 Å². The Labute approximate surface area is 130 Å². The SMILES string of the molecule is CCCNC(CC1OCCc2ccccc21)C(C)(C)CC. The average molecular weight is 289 g/mol. The van der Waals surface area contributed by atoms with Crippen molar-refractivity contribution in [3.63, 3.8) is 0 Å². The normalized spacial score (nSPS) is 20.1. The second kappa shape index (κ2) is 7.42. The minimum absolute atomic E-state index is 0.245. The van der Waals surface area contributed by atoms with Crippen molar-refractivity contribution in [3.8, 4) is 0 Å². The molecular weight excluding hydrogens is 258 g/mol. The van der Waals surface area contributed by atoms with Gasteiger partial charge < -0.3 is 10.1 Å². The molecule has 21 heavy (non-hydrogen) atoms. The van der Waals surface area contributed by atoms with Crippen LogP contribution in [0.1, 0.15) is 64.2 Å². The molecule has 0 aromatic heterocycles. The van der Waals surface area contributed by atoms with E-state index in [-0.39, 0.29) is 6.10 Å². The van der Waals surface area contributed by atoms with Gasteiger partial charge in [0.25, 0.3) is 0 Å². The quantitative estimate of drug-likeness (QED) is 0.798. The molecule has 1 N–H and O–H groups in total. The molecule has 0 radical (unpaired) electrons. The Bertz CT molecular complexity index is 441. The molecule has 0 spiro atoms. The van der Waals surface area contributed by atoms with Crippen LogP contribution in [-0.4, -0.2) is 19.2 Å². The topological polar surface area (TPSA) is 21.3 Å². The van der Waals surface area contributed by atoms with E-state index in [1.165, 1.54) is 24.0 Å². The molecule has 1 aromatic carbocycles. The third kappa shape index (κ3) is 4.08. The number of rotatable bonds is 7. The Morgan fingerprint density at radius 1 is 1.29 bits per heavy atom. The van der Waals surface area contributed by atoms with E-state index in [0.29, 0.717) is 11.5 Å². The van der Waals surface area contributed by atoms with Crippen molar-refractivity contribution in [2.45, 2.75) is 65.5 Å². The standard InChI is InChI=1S/C19H31NO/c1-5-12-20-18(19(3,4)6-2)14-17-16-10-8-7-9-15(16)11-13-21-17/h7-10,17-18,20H,5-6,11-14H2,1-4H3. The first-order chi connectivity index (χ1) is 10.1. The number of fused-ring (bicyclic) bond motifs is 1. The van der Waals surface area contributed by atoms with E-state index in [1.54, 1.807) is 0 Å². The molecule has 1 aromatic rings. The van der Waals surface area contributed by atoms with Crippen LogP contribution in [0.5, 0.6) is 0 Å². The molecule has 1 aliphatic heterocycles. The lowest BCUT2D eigenvalue weighted by Gasteiger charge is -2.38. The Morgan fingerprint density at radius 2 is 2.05 bits per heavy atom. The van der Waals surface area contributed by atoms with Crippen molar-refractivity contribution in [1.29, 1.82) is 0 Å². The summed E-state index contributed by atoms with van der Waals surface area (Å²) in [5.41, 5.74) is 3.17. The van der Waals surface area contributed by atoms with E-state index in [2.05, 4.69) is 57.3 Å². The maximum atomic E-state index is 6.11. The minimum atomic E-state index is 0.245. The lowest BCUT2D eigenvalue weighted by molar-refractivity contribution is 0.0170. The van der Waals surface area contributed by atoms with Gasteiger partial charge in [-0.2, -0.15) is 0 Å². The van der Waals surface area contributed by atoms with Crippen molar-refractivity contribution in [3.05, 3.63) is 35.4 Å². The summed E-state index contributed by atoms with van der Waals surface area (Å²) in [7, 11) is 0. The molecule has 0 aliphatic carbocycles. The van der Waals surface area contributed by atoms with Crippen LogP contribution in [0.4, 0.5) is 0 Å². The summed E-state index contributed by atoms with van der Waals surface area (Å²) in [4.78, 5) is 0. The van der Waals surface area contributed by atoms with Gasteiger partial charge >= 0.3 is 0 Å². The lowest BCUT2D eigenvalue weighted by atomic mass is 9.78. The fraction of sp³-hybridized carbons (Fsp3) is 0.684. The maximum absolute atomic E-state index is 6.11. The van der Waals surface area contributed by atoms with E-state index in [0.717, 1.165) is 26.0 Å². The molecule has 2 rings (SSSR count). The molecule has 0 fully saturated rings. The summed E-state index contributed by atoms with van der Waals surface area (Å²) in [6.07, 6.45) is 4.73. The fourth-order valence-corrected chi connectivity index (χ4v) is 3.13. The molecule has 1 heterocycles. The summed E-state index contributed by atoms with van der Waals surface area (Å²) >= 11 is 0. The molecule has 0 saturated carbocycles. The minimum Gasteiger partial charge on any atom is -0.373 e. The van der Waals surface area contributed by atoms with Crippen molar-refractivity contribution in [1.82, 2.24) is 5.32 Å². The zero-order valence-corrected chi connectivity index (χ0v) is 14.1. The van der Waals surface area contributed by atoms with Gasteiger partial charge in [-0.05, 0) is 48.8 Å². The maximum Gasteiger partial charge on any atom is 0.0842 e. The van der Waals surface area contributed by atoms with E-state index >= 15 is 0 Å². The molecule has 0 amide bonds. The van der Waals surface area contributed by atoms with Crippen LogP contribution >= 0.6 is 0 Å². The molecular formula is C19H31NO. The summed E-state index contributed by atoms with van der Waals surface area (Å²) < 4.78 is 6.11. The first-order valence-corrected chi connectivity index (χ1v) is 8.51. The average Bonchev–Trinajstić information content (AvgIpc) is 2.51. The van der Waals surface area contributed by atoms with E-state index in [4.69, 9.17) is 4.74 Å². The highest BCUT2D eigenvalue weighted by Gasteiger charge is 2.32. The van der Waals surface area contributed by atoms with E-state index in [1.807, 2.05) is 0 Å². The van der Waals surface area contributed by atoms with Gasteiger partial charge in [0.1, 0.15) is 0 Å². The summed E-state index contributed by atoms with van der Waals surface area (Å²) in [5.74, 6) is 0. The molecule has 2 unspecified atom stereocenters. The number of ether oxygens (including phenoxy) is 1.